The van der Waals surface area contributed by atoms with Gasteiger partial charge in [-0.3, -0.25) is 0 Å². The summed E-state index contributed by atoms with van der Waals surface area (Å²) in [5.74, 6) is 0. The van der Waals surface area contributed by atoms with Crippen molar-refractivity contribution in [2.45, 2.75) is 0 Å². The van der Waals surface area contributed by atoms with Gasteiger partial charge in [0.1, 0.15) is 0 Å². The Hall–Kier alpha value is -6.29. The molecule has 0 aliphatic heterocycles. The zero-order valence-corrected chi connectivity index (χ0v) is 27.9. The molecule has 3 heterocycles. The van der Waals surface area contributed by atoms with Crippen molar-refractivity contribution in [2.75, 3.05) is 0 Å². The van der Waals surface area contributed by atoms with Crippen molar-refractivity contribution < 1.29 is 0 Å². The Balaban J connectivity index is 1.18. The highest BCUT2D eigenvalue weighted by molar-refractivity contribution is 7.26. The monoisotopic (exact) mass is 654 g/mol. The van der Waals surface area contributed by atoms with E-state index >= 15 is 0 Å². The lowest BCUT2D eigenvalue weighted by atomic mass is 9.97. The third-order valence-electron chi connectivity index (χ3n) is 9.81. The molecule has 3 aromatic heterocycles. The molecule has 0 saturated carbocycles. The lowest BCUT2D eigenvalue weighted by Crippen LogP contribution is -1.93. The number of fused-ring (bicyclic) bond motifs is 6. The molecule has 0 bridgehead atoms. The van der Waals surface area contributed by atoms with Gasteiger partial charge in [0.15, 0.2) is 0 Å². The van der Waals surface area contributed by atoms with E-state index in [1.54, 1.807) is 0 Å². The smallest absolute Gasteiger partial charge is 0.0730 e. The van der Waals surface area contributed by atoms with E-state index < -0.39 is 0 Å². The van der Waals surface area contributed by atoms with Crippen LogP contribution >= 0.6 is 11.3 Å². The highest BCUT2D eigenvalue weighted by Gasteiger charge is 2.17. The van der Waals surface area contributed by atoms with Gasteiger partial charge in [0, 0.05) is 47.8 Å². The lowest BCUT2D eigenvalue weighted by Gasteiger charge is -2.12. The molecule has 0 fully saturated rings. The minimum absolute atomic E-state index is 0.960. The first kappa shape index (κ1) is 28.7. The lowest BCUT2D eigenvalue weighted by molar-refractivity contribution is 1.18. The maximum Gasteiger partial charge on any atom is 0.0730 e. The van der Waals surface area contributed by atoms with E-state index in [1.807, 2.05) is 11.3 Å². The van der Waals surface area contributed by atoms with E-state index in [-0.39, 0.29) is 0 Å². The molecule has 0 atom stereocenters. The van der Waals surface area contributed by atoms with E-state index in [0.717, 1.165) is 33.8 Å². The van der Waals surface area contributed by atoms with Crippen LogP contribution in [-0.4, -0.2) is 9.55 Å². The average Bonchev–Trinajstić information content (AvgIpc) is 3.74. The summed E-state index contributed by atoms with van der Waals surface area (Å²) in [6, 6.07) is 65.5. The predicted molar refractivity (Wildman–Crippen MR) is 213 cm³/mol. The number of rotatable bonds is 5. The van der Waals surface area contributed by atoms with E-state index in [9.17, 15) is 0 Å². The predicted octanol–water partition coefficient (Wildman–Crippen LogP) is 13.2. The van der Waals surface area contributed by atoms with Gasteiger partial charge in [-0.05, 0) is 70.8 Å². The summed E-state index contributed by atoms with van der Waals surface area (Å²) in [6.07, 6.45) is 0. The molecule has 50 heavy (non-hydrogen) atoms. The maximum absolute atomic E-state index is 5.38. The van der Waals surface area contributed by atoms with Crippen molar-refractivity contribution in [3.05, 3.63) is 182 Å². The molecule has 0 aliphatic rings. The molecule has 0 saturated heterocycles. The number of nitrogens with zero attached hydrogens (tertiary/aromatic N) is 2. The van der Waals surface area contributed by atoms with Gasteiger partial charge in [0.2, 0.25) is 0 Å². The van der Waals surface area contributed by atoms with Gasteiger partial charge >= 0.3 is 0 Å². The van der Waals surface area contributed by atoms with E-state index in [1.165, 1.54) is 58.7 Å². The first-order valence-electron chi connectivity index (χ1n) is 17.0. The molecule has 0 aliphatic carbocycles. The van der Waals surface area contributed by atoms with Crippen molar-refractivity contribution in [3.63, 3.8) is 0 Å². The van der Waals surface area contributed by atoms with Gasteiger partial charge in [-0.25, -0.2) is 4.98 Å². The van der Waals surface area contributed by atoms with Gasteiger partial charge in [0.05, 0.1) is 22.4 Å². The summed E-state index contributed by atoms with van der Waals surface area (Å²) in [4.78, 5) is 5.38. The fraction of sp³-hybridized carbons (Fsp3) is 0. The molecule has 10 rings (SSSR count). The van der Waals surface area contributed by atoms with Crippen LogP contribution in [0.2, 0.25) is 0 Å². The van der Waals surface area contributed by atoms with Crippen molar-refractivity contribution >= 4 is 53.3 Å². The summed E-state index contributed by atoms with van der Waals surface area (Å²) < 4.78 is 4.93. The topological polar surface area (TPSA) is 17.8 Å². The highest BCUT2D eigenvalue weighted by Crippen LogP contribution is 2.42. The Bertz CT molecular complexity index is 2850. The summed E-state index contributed by atoms with van der Waals surface area (Å²) in [5, 5.41) is 5.05. The second-order valence-electron chi connectivity index (χ2n) is 12.8. The van der Waals surface area contributed by atoms with Crippen molar-refractivity contribution in [3.8, 4) is 50.5 Å². The van der Waals surface area contributed by atoms with Gasteiger partial charge in [-0.2, -0.15) is 0 Å². The molecule has 0 N–H and O–H groups in total. The van der Waals surface area contributed by atoms with Crippen LogP contribution in [0.4, 0.5) is 0 Å². The molecule has 10 aromatic rings. The van der Waals surface area contributed by atoms with Gasteiger partial charge in [0.25, 0.3) is 0 Å². The Morgan fingerprint density at radius 1 is 0.380 bits per heavy atom. The van der Waals surface area contributed by atoms with Crippen LogP contribution < -0.4 is 0 Å². The fourth-order valence-corrected chi connectivity index (χ4v) is 8.63. The van der Waals surface area contributed by atoms with Crippen LogP contribution in [0.3, 0.4) is 0 Å². The summed E-state index contributed by atoms with van der Waals surface area (Å²) >= 11 is 1.85. The third kappa shape index (κ3) is 4.74. The van der Waals surface area contributed by atoms with E-state index in [2.05, 4.69) is 187 Å². The van der Waals surface area contributed by atoms with Crippen LogP contribution in [0, 0.1) is 0 Å². The molecule has 0 radical (unpaired) electrons. The van der Waals surface area contributed by atoms with Crippen molar-refractivity contribution in [1.29, 1.82) is 0 Å². The molecule has 3 heteroatoms. The molecule has 7 aromatic carbocycles. The number of para-hydroxylation sites is 2. The number of hydrogen-bond acceptors (Lipinski definition) is 2. The Labute approximate surface area is 294 Å². The minimum Gasteiger partial charge on any atom is -0.309 e. The normalized spacial score (nSPS) is 11.6. The number of benzene rings is 7. The summed E-state index contributed by atoms with van der Waals surface area (Å²) in [7, 11) is 0. The first-order valence-corrected chi connectivity index (χ1v) is 17.8. The molecule has 0 unspecified atom stereocenters. The third-order valence-corrected chi connectivity index (χ3v) is 11.0. The second-order valence-corrected chi connectivity index (χ2v) is 13.8. The second kappa shape index (κ2) is 11.7. The Kier molecular flexibility index (Phi) is 6.71. The largest absolute Gasteiger partial charge is 0.309 e. The molecular formula is C47H30N2S. The Morgan fingerprint density at radius 2 is 1.00 bits per heavy atom. The molecule has 0 spiro atoms. The van der Waals surface area contributed by atoms with Gasteiger partial charge in [-0.15, -0.1) is 11.3 Å². The quantitative estimate of drug-likeness (QED) is 0.181. The van der Waals surface area contributed by atoms with Crippen LogP contribution in [-0.2, 0) is 0 Å². The fourth-order valence-electron chi connectivity index (χ4n) is 7.40. The zero-order chi connectivity index (χ0) is 33.0. The van der Waals surface area contributed by atoms with E-state index in [0.29, 0.717) is 0 Å². The molecule has 2 nitrogen and oxygen atoms in total. The van der Waals surface area contributed by atoms with Crippen LogP contribution in [0.25, 0.3) is 92.4 Å². The first-order chi connectivity index (χ1) is 24.8. The van der Waals surface area contributed by atoms with Crippen LogP contribution in [0.1, 0.15) is 0 Å². The standard InChI is InChI=1S/C47H30N2S/c1-3-12-31(13-4-1)32-22-24-33(25-23-32)42-29-35(30-43(48-42)40-19-11-18-39-38-17-8-10-21-46(38)50-47(39)40)34-26-27-45-41(28-34)37-16-7-9-20-44(37)49(45)36-14-5-2-6-15-36/h1-30H. The number of thiophene rings is 1. The summed E-state index contributed by atoms with van der Waals surface area (Å²) in [6.45, 7) is 0. The van der Waals surface area contributed by atoms with Crippen LogP contribution in [0.5, 0.6) is 0 Å². The molecule has 0 amide bonds. The van der Waals surface area contributed by atoms with Crippen molar-refractivity contribution in [1.82, 2.24) is 9.55 Å². The SMILES string of the molecule is c1ccc(-c2ccc(-c3cc(-c4ccc5c(c4)c4ccccc4n5-c4ccccc4)cc(-c4cccc5c4sc4ccccc45)n3)cc2)cc1. The van der Waals surface area contributed by atoms with Gasteiger partial charge in [-0.1, -0.05) is 133 Å². The molecular weight excluding hydrogens is 625 g/mol. The zero-order valence-electron chi connectivity index (χ0n) is 27.1. The average molecular weight is 655 g/mol. The van der Waals surface area contributed by atoms with E-state index in [4.69, 9.17) is 4.98 Å². The number of aromatic nitrogens is 2. The maximum atomic E-state index is 5.38. The van der Waals surface area contributed by atoms with Crippen molar-refractivity contribution in [2.24, 2.45) is 0 Å². The number of hydrogen-bond donors (Lipinski definition) is 0. The minimum atomic E-state index is 0.960. The summed E-state index contributed by atoms with van der Waals surface area (Å²) in [5.41, 5.74) is 12.5. The van der Waals surface area contributed by atoms with Gasteiger partial charge < -0.3 is 4.57 Å². The number of pyridine rings is 1. The Morgan fingerprint density at radius 3 is 1.84 bits per heavy atom. The molecule has 234 valence electrons. The van der Waals surface area contributed by atoms with Crippen LogP contribution in [0.15, 0.2) is 182 Å². The highest BCUT2D eigenvalue weighted by atomic mass is 32.1.